The Balaban J connectivity index is 1.91. The highest BCUT2D eigenvalue weighted by molar-refractivity contribution is 5.97. The van der Waals surface area contributed by atoms with Crippen molar-refractivity contribution < 1.29 is 19.0 Å². The fraction of sp³-hybridized carbons (Fsp3) is 0.273. The number of pyridine rings is 1. The summed E-state index contributed by atoms with van der Waals surface area (Å²) in [6.45, 7) is 0. The zero-order valence-electron chi connectivity index (χ0n) is 15.0. The molecule has 3 aromatic rings. The van der Waals surface area contributed by atoms with Gasteiger partial charge >= 0.3 is 5.97 Å². The summed E-state index contributed by atoms with van der Waals surface area (Å²) in [6.07, 6.45) is 5.35. The molecular formula is C22H20FNO3. The summed E-state index contributed by atoms with van der Waals surface area (Å²) in [4.78, 5) is 15.9. The SMILES string of the molecule is COc1ccc2c(-c3ccc(C(=O)O)c(C4CCCC4)c3)c(F)cnc2c1. The first-order valence-electron chi connectivity index (χ1n) is 9.08. The van der Waals surface area contributed by atoms with E-state index in [1.54, 1.807) is 37.4 Å². The number of halogens is 1. The number of nitrogens with zero attached hydrogens (tertiary/aromatic N) is 1. The number of carboxylic acid groups (broad SMARTS) is 1. The Labute approximate surface area is 156 Å². The van der Waals surface area contributed by atoms with Gasteiger partial charge < -0.3 is 9.84 Å². The van der Waals surface area contributed by atoms with Crippen molar-refractivity contribution in [1.29, 1.82) is 0 Å². The molecule has 1 heterocycles. The van der Waals surface area contributed by atoms with E-state index in [9.17, 15) is 14.3 Å². The van der Waals surface area contributed by atoms with Crippen LogP contribution in [0.1, 0.15) is 47.5 Å². The number of hydrogen-bond donors (Lipinski definition) is 1. The normalized spacial score (nSPS) is 14.6. The van der Waals surface area contributed by atoms with Crippen LogP contribution in [0.25, 0.3) is 22.0 Å². The minimum Gasteiger partial charge on any atom is -0.497 e. The van der Waals surface area contributed by atoms with Gasteiger partial charge in [0, 0.05) is 17.0 Å². The van der Waals surface area contributed by atoms with Crippen molar-refractivity contribution in [2.24, 2.45) is 0 Å². The molecule has 1 aliphatic rings. The second-order valence-electron chi connectivity index (χ2n) is 6.95. The number of methoxy groups -OCH3 is 1. The molecule has 1 fully saturated rings. The van der Waals surface area contributed by atoms with Gasteiger partial charge in [-0.05, 0) is 54.2 Å². The first kappa shape index (κ1) is 17.5. The third-order valence-electron chi connectivity index (χ3n) is 5.40. The number of aromatic carboxylic acids is 1. The van der Waals surface area contributed by atoms with E-state index in [0.717, 1.165) is 31.2 Å². The van der Waals surface area contributed by atoms with Gasteiger partial charge in [-0.3, -0.25) is 4.98 Å². The predicted octanol–water partition coefficient (Wildman–Crippen LogP) is 5.41. The maximum atomic E-state index is 14.7. The topological polar surface area (TPSA) is 59.4 Å². The number of aromatic nitrogens is 1. The quantitative estimate of drug-likeness (QED) is 0.672. The van der Waals surface area contributed by atoms with Crippen molar-refractivity contribution in [3.8, 4) is 16.9 Å². The van der Waals surface area contributed by atoms with E-state index in [2.05, 4.69) is 4.98 Å². The Hall–Kier alpha value is -2.95. The second kappa shape index (κ2) is 6.99. The number of carboxylic acids is 1. The average molecular weight is 365 g/mol. The smallest absolute Gasteiger partial charge is 0.335 e. The molecule has 138 valence electrons. The summed E-state index contributed by atoms with van der Waals surface area (Å²) in [5, 5.41) is 10.3. The highest BCUT2D eigenvalue weighted by Crippen LogP contribution is 2.39. The van der Waals surface area contributed by atoms with E-state index >= 15 is 0 Å². The van der Waals surface area contributed by atoms with Gasteiger partial charge in [-0.15, -0.1) is 0 Å². The predicted molar refractivity (Wildman–Crippen MR) is 102 cm³/mol. The minimum atomic E-state index is -0.937. The molecule has 0 saturated heterocycles. The lowest BCUT2D eigenvalue weighted by molar-refractivity contribution is 0.0695. The third-order valence-corrected chi connectivity index (χ3v) is 5.40. The molecule has 0 bridgehead atoms. The van der Waals surface area contributed by atoms with Gasteiger partial charge in [0.25, 0.3) is 0 Å². The van der Waals surface area contributed by atoms with E-state index < -0.39 is 11.8 Å². The van der Waals surface area contributed by atoms with Crippen LogP contribution < -0.4 is 4.74 Å². The van der Waals surface area contributed by atoms with Crippen molar-refractivity contribution in [2.75, 3.05) is 7.11 Å². The first-order valence-corrected chi connectivity index (χ1v) is 9.08. The molecule has 0 amide bonds. The van der Waals surface area contributed by atoms with Crippen LogP contribution in [0.15, 0.2) is 42.6 Å². The number of hydrogen-bond acceptors (Lipinski definition) is 3. The monoisotopic (exact) mass is 365 g/mol. The van der Waals surface area contributed by atoms with Crippen LogP contribution in [0, 0.1) is 5.82 Å². The van der Waals surface area contributed by atoms with Gasteiger partial charge in [0.2, 0.25) is 0 Å². The highest BCUT2D eigenvalue weighted by Gasteiger charge is 2.24. The summed E-state index contributed by atoms with van der Waals surface area (Å²) in [5.41, 5.74) is 2.87. The van der Waals surface area contributed by atoms with Gasteiger partial charge in [-0.2, -0.15) is 0 Å². The zero-order valence-corrected chi connectivity index (χ0v) is 15.0. The highest BCUT2D eigenvalue weighted by atomic mass is 19.1. The van der Waals surface area contributed by atoms with Crippen LogP contribution in [0.3, 0.4) is 0 Å². The number of benzene rings is 2. The molecular weight excluding hydrogens is 345 g/mol. The number of rotatable bonds is 4. The van der Waals surface area contributed by atoms with E-state index in [1.165, 1.54) is 6.20 Å². The molecule has 27 heavy (non-hydrogen) atoms. The lowest BCUT2D eigenvalue weighted by Crippen LogP contribution is -2.06. The number of fused-ring (bicyclic) bond motifs is 1. The fourth-order valence-electron chi connectivity index (χ4n) is 4.06. The number of ether oxygens (including phenoxy) is 1. The molecule has 0 radical (unpaired) electrons. The summed E-state index contributed by atoms with van der Waals surface area (Å²) < 4.78 is 20.0. The molecule has 0 atom stereocenters. The van der Waals surface area contributed by atoms with Crippen molar-refractivity contribution in [1.82, 2.24) is 4.98 Å². The molecule has 4 rings (SSSR count). The van der Waals surface area contributed by atoms with Crippen molar-refractivity contribution in [3.63, 3.8) is 0 Å². The number of carbonyl (C=O) groups is 1. The van der Waals surface area contributed by atoms with Gasteiger partial charge in [0.05, 0.1) is 24.4 Å². The maximum absolute atomic E-state index is 14.7. The minimum absolute atomic E-state index is 0.215. The van der Waals surface area contributed by atoms with E-state index in [1.807, 2.05) is 6.07 Å². The molecule has 0 aliphatic heterocycles. The molecule has 1 saturated carbocycles. The van der Waals surface area contributed by atoms with Gasteiger partial charge in [-0.1, -0.05) is 18.9 Å². The Morgan fingerprint density at radius 3 is 2.67 bits per heavy atom. The molecule has 2 aromatic carbocycles. The summed E-state index contributed by atoms with van der Waals surface area (Å²) >= 11 is 0. The Morgan fingerprint density at radius 1 is 1.19 bits per heavy atom. The maximum Gasteiger partial charge on any atom is 0.335 e. The first-order chi connectivity index (χ1) is 13.1. The van der Waals surface area contributed by atoms with E-state index in [-0.39, 0.29) is 5.92 Å². The largest absolute Gasteiger partial charge is 0.497 e. The Morgan fingerprint density at radius 2 is 1.96 bits per heavy atom. The fourth-order valence-corrected chi connectivity index (χ4v) is 4.06. The van der Waals surface area contributed by atoms with Gasteiger partial charge in [0.1, 0.15) is 11.6 Å². The summed E-state index contributed by atoms with van der Waals surface area (Å²) in [6, 6.07) is 10.5. The lowest BCUT2D eigenvalue weighted by atomic mass is 9.89. The van der Waals surface area contributed by atoms with Crippen LogP contribution >= 0.6 is 0 Å². The zero-order chi connectivity index (χ0) is 19.0. The van der Waals surface area contributed by atoms with Crippen LogP contribution in [0.4, 0.5) is 4.39 Å². The standard InChI is InChI=1S/C22H20FNO3/c1-27-15-7-9-17-20(11-15)24-12-19(23)21(17)14-6-8-16(22(25)26)18(10-14)13-4-2-3-5-13/h6-13H,2-5H2,1H3,(H,25,26). The Bertz CT molecular complexity index is 1030. The van der Waals surface area contributed by atoms with Crippen LogP contribution in [-0.2, 0) is 0 Å². The van der Waals surface area contributed by atoms with Crippen LogP contribution in [0.5, 0.6) is 5.75 Å². The summed E-state index contributed by atoms with van der Waals surface area (Å²) in [5.74, 6) is -0.492. The lowest BCUT2D eigenvalue weighted by Gasteiger charge is -2.16. The Kier molecular flexibility index (Phi) is 4.52. The van der Waals surface area contributed by atoms with E-state index in [4.69, 9.17) is 4.74 Å². The molecule has 4 nitrogen and oxygen atoms in total. The summed E-state index contributed by atoms with van der Waals surface area (Å²) in [7, 11) is 1.57. The molecule has 5 heteroatoms. The third kappa shape index (κ3) is 3.14. The second-order valence-corrected chi connectivity index (χ2v) is 6.95. The molecule has 0 unspecified atom stereocenters. The van der Waals surface area contributed by atoms with Crippen LogP contribution in [0.2, 0.25) is 0 Å². The van der Waals surface area contributed by atoms with Crippen molar-refractivity contribution in [2.45, 2.75) is 31.6 Å². The average Bonchev–Trinajstić information content (AvgIpc) is 3.21. The molecule has 1 aromatic heterocycles. The van der Waals surface area contributed by atoms with Crippen LogP contribution in [-0.4, -0.2) is 23.2 Å². The van der Waals surface area contributed by atoms with Crippen molar-refractivity contribution in [3.05, 3.63) is 59.5 Å². The molecule has 1 N–H and O–H groups in total. The van der Waals surface area contributed by atoms with Gasteiger partial charge in [-0.25, -0.2) is 9.18 Å². The van der Waals surface area contributed by atoms with Crippen molar-refractivity contribution >= 4 is 16.9 Å². The van der Waals surface area contributed by atoms with E-state index in [0.29, 0.717) is 33.3 Å². The molecule has 0 spiro atoms. The van der Waals surface area contributed by atoms with Gasteiger partial charge in [0.15, 0.2) is 0 Å². The molecule has 1 aliphatic carbocycles.